The Morgan fingerprint density at radius 3 is 2.94 bits per heavy atom. The molecule has 0 saturated heterocycles. The Hall–Kier alpha value is -0.520. The zero-order chi connectivity index (χ0) is 12.1. The third-order valence-corrected chi connectivity index (χ3v) is 3.82. The summed E-state index contributed by atoms with van der Waals surface area (Å²) >= 11 is 12.6. The maximum atomic E-state index is 10.8. The van der Waals surface area contributed by atoms with Gasteiger partial charge in [0, 0.05) is 23.9 Å². The first-order valence-corrected chi connectivity index (χ1v) is 6.43. The second-order valence-corrected chi connectivity index (χ2v) is 5.06. The van der Waals surface area contributed by atoms with Crippen LogP contribution in [0.2, 0.25) is 5.02 Å². The molecule has 1 rings (SSSR count). The van der Waals surface area contributed by atoms with E-state index in [9.17, 15) is 10.1 Å². The first-order valence-electron chi connectivity index (χ1n) is 4.53. The number of halogens is 2. The van der Waals surface area contributed by atoms with Crippen LogP contribution in [0.4, 0.5) is 5.69 Å². The molecule has 1 aromatic rings. The van der Waals surface area contributed by atoms with Gasteiger partial charge in [-0.3, -0.25) is 10.1 Å². The SMILES string of the molecule is CC(CCl)CSc1ncc(Cl)cc1[N+](=O)[O-]. The predicted molar refractivity (Wildman–Crippen MR) is 66.5 cm³/mol. The molecule has 0 saturated carbocycles. The number of hydrogen-bond acceptors (Lipinski definition) is 4. The Labute approximate surface area is 107 Å². The van der Waals surface area contributed by atoms with E-state index in [0.29, 0.717) is 16.7 Å². The molecule has 0 amide bonds. The minimum atomic E-state index is -0.480. The van der Waals surface area contributed by atoms with E-state index in [-0.39, 0.29) is 16.6 Å². The minimum absolute atomic E-state index is 0.0562. The van der Waals surface area contributed by atoms with E-state index in [0.717, 1.165) is 0 Å². The van der Waals surface area contributed by atoms with Crippen molar-refractivity contribution in [3.05, 3.63) is 27.4 Å². The Kier molecular flexibility index (Phi) is 5.31. The molecule has 1 aromatic heterocycles. The van der Waals surface area contributed by atoms with Crippen LogP contribution in [-0.4, -0.2) is 21.5 Å². The van der Waals surface area contributed by atoms with Crippen LogP contribution in [0.25, 0.3) is 0 Å². The van der Waals surface area contributed by atoms with Gasteiger partial charge in [-0.15, -0.1) is 11.6 Å². The van der Waals surface area contributed by atoms with Gasteiger partial charge in [-0.05, 0) is 5.92 Å². The van der Waals surface area contributed by atoms with E-state index in [1.807, 2.05) is 6.92 Å². The quantitative estimate of drug-likeness (QED) is 0.358. The molecule has 0 fully saturated rings. The summed E-state index contributed by atoms with van der Waals surface area (Å²) in [4.78, 5) is 14.2. The molecule has 4 nitrogen and oxygen atoms in total. The average molecular weight is 281 g/mol. The van der Waals surface area contributed by atoms with Gasteiger partial charge in [0.15, 0.2) is 5.03 Å². The molecule has 0 aliphatic rings. The number of hydrogen-bond donors (Lipinski definition) is 0. The molecule has 1 atom stereocenters. The monoisotopic (exact) mass is 280 g/mol. The first kappa shape index (κ1) is 13.5. The van der Waals surface area contributed by atoms with Crippen LogP contribution < -0.4 is 0 Å². The number of aromatic nitrogens is 1. The van der Waals surface area contributed by atoms with Crippen LogP contribution in [-0.2, 0) is 0 Å². The van der Waals surface area contributed by atoms with Crippen molar-refractivity contribution in [2.45, 2.75) is 11.9 Å². The number of thioether (sulfide) groups is 1. The van der Waals surface area contributed by atoms with Gasteiger partial charge in [-0.25, -0.2) is 4.98 Å². The molecule has 1 unspecified atom stereocenters. The molecule has 0 aliphatic carbocycles. The lowest BCUT2D eigenvalue weighted by molar-refractivity contribution is -0.388. The van der Waals surface area contributed by atoms with E-state index in [2.05, 4.69) is 4.98 Å². The fourth-order valence-electron chi connectivity index (χ4n) is 0.924. The third kappa shape index (κ3) is 3.81. The van der Waals surface area contributed by atoms with Gasteiger partial charge in [-0.2, -0.15) is 0 Å². The lowest BCUT2D eigenvalue weighted by Gasteiger charge is -2.06. The summed E-state index contributed by atoms with van der Waals surface area (Å²) in [5, 5.41) is 11.4. The van der Waals surface area contributed by atoms with Crippen molar-refractivity contribution in [1.82, 2.24) is 4.98 Å². The van der Waals surface area contributed by atoms with E-state index < -0.39 is 4.92 Å². The number of rotatable bonds is 5. The van der Waals surface area contributed by atoms with E-state index >= 15 is 0 Å². The predicted octanol–water partition coefficient (Wildman–Crippen LogP) is 3.61. The van der Waals surface area contributed by atoms with Crippen molar-refractivity contribution >= 4 is 40.7 Å². The summed E-state index contributed by atoms with van der Waals surface area (Å²) in [5.41, 5.74) is -0.0562. The number of nitrogens with zero attached hydrogens (tertiary/aromatic N) is 2. The topological polar surface area (TPSA) is 56.0 Å². The van der Waals surface area contributed by atoms with Gasteiger partial charge in [0.05, 0.1) is 9.95 Å². The summed E-state index contributed by atoms with van der Waals surface area (Å²) in [7, 11) is 0. The third-order valence-electron chi connectivity index (χ3n) is 1.76. The summed E-state index contributed by atoms with van der Waals surface area (Å²) in [6.45, 7) is 1.97. The lowest BCUT2D eigenvalue weighted by Crippen LogP contribution is -2.01. The maximum Gasteiger partial charge on any atom is 0.302 e. The highest BCUT2D eigenvalue weighted by Crippen LogP contribution is 2.30. The second kappa shape index (κ2) is 6.27. The van der Waals surface area contributed by atoms with Gasteiger partial charge < -0.3 is 0 Å². The Bertz CT molecular complexity index is 390. The number of alkyl halides is 1. The summed E-state index contributed by atoms with van der Waals surface area (Å²) in [5.74, 6) is 1.50. The fraction of sp³-hybridized carbons (Fsp3) is 0.444. The molecule has 0 aliphatic heterocycles. The Morgan fingerprint density at radius 2 is 2.38 bits per heavy atom. The highest BCUT2D eigenvalue weighted by atomic mass is 35.5. The van der Waals surface area contributed by atoms with E-state index in [1.54, 1.807) is 0 Å². The standard InChI is InChI=1S/C9H10Cl2N2O2S/c1-6(3-10)5-16-9-8(13(14)15)2-7(11)4-12-9/h2,4,6H,3,5H2,1H3. The van der Waals surface area contributed by atoms with Crippen LogP contribution in [0.5, 0.6) is 0 Å². The molecule has 88 valence electrons. The Balaban J connectivity index is 2.82. The van der Waals surface area contributed by atoms with Crippen molar-refractivity contribution in [1.29, 1.82) is 0 Å². The van der Waals surface area contributed by atoms with Gasteiger partial charge >= 0.3 is 5.69 Å². The smallest absolute Gasteiger partial charge is 0.258 e. The molecular formula is C9H10Cl2N2O2S. The van der Waals surface area contributed by atoms with Crippen molar-refractivity contribution in [3.63, 3.8) is 0 Å². The molecular weight excluding hydrogens is 271 g/mol. The molecule has 0 spiro atoms. The van der Waals surface area contributed by atoms with Crippen LogP contribution in [0, 0.1) is 16.0 Å². The van der Waals surface area contributed by atoms with Gasteiger partial charge in [0.1, 0.15) is 0 Å². The second-order valence-electron chi connectivity index (χ2n) is 3.31. The molecule has 0 radical (unpaired) electrons. The normalized spacial score (nSPS) is 12.4. The zero-order valence-corrected chi connectivity index (χ0v) is 10.8. The van der Waals surface area contributed by atoms with Crippen LogP contribution in [0.3, 0.4) is 0 Å². The van der Waals surface area contributed by atoms with Crippen LogP contribution >= 0.6 is 35.0 Å². The van der Waals surface area contributed by atoms with Gasteiger partial charge in [0.2, 0.25) is 0 Å². The number of nitro groups is 1. The molecule has 0 N–H and O–H groups in total. The van der Waals surface area contributed by atoms with Gasteiger partial charge in [0.25, 0.3) is 0 Å². The molecule has 1 heterocycles. The van der Waals surface area contributed by atoms with Gasteiger partial charge in [-0.1, -0.05) is 30.3 Å². The summed E-state index contributed by atoms with van der Waals surface area (Å²) in [6.07, 6.45) is 1.41. The van der Waals surface area contributed by atoms with Crippen LogP contribution in [0.15, 0.2) is 17.3 Å². The highest BCUT2D eigenvalue weighted by molar-refractivity contribution is 7.99. The van der Waals surface area contributed by atoms with E-state index in [1.165, 1.54) is 24.0 Å². The fourth-order valence-corrected chi connectivity index (χ4v) is 2.28. The van der Waals surface area contributed by atoms with Crippen molar-refractivity contribution in [2.24, 2.45) is 5.92 Å². The van der Waals surface area contributed by atoms with Crippen LogP contribution in [0.1, 0.15) is 6.92 Å². The lowest BCUT2D eigenvalue weighted by atomic mass is 10.3. The van der Waals surface area contributed by atoms with E-state index in [4.69, 9.17) is 23.2 Å². The summed E-state index contributed by atoms with van der Waals surface area (Å²) < 4.78 is 0. The Morgan fingerprint density at radius 1 is 1.69 bits per heavy atom. The zero-order valence-electron chi connectivity index (χ0n) is 8.52. The molecule has 0 aromatic carbocycles. The first-order chi connectivity index (χ1) is 7.54. The average Bonchev–Trinajstić information content (AvgIpc) is 2.26. The highest BCUT2D eigenvalue weighted by Gasteiger charge is 2.17. The largest absolute Gasteiger partial charge is 0.302 e. The number of pyridine rings is 1. The summed E-state index contributed by atoms with van der Waals surface area (Å²) in [6, 6.07) is 1.31. The minimum Gasteiger partial charge on any atom is -0.258 e. The maximum absolute atomic E-state index is 10.8. The molecule has 7 heteroatoms. The molecule has 16 heavy (non-hydrogen) atoms. The van der Waals surface area contributed by atoms with Crippen molar-refractivity contribution in [3.8, 4) is 0 Å². The molecule has 0 bridgehead atoms. The van der Waals surface area contributed by atoms with Crippen molar-refractivity contribution in [2.75, 3.05) is 11.6 Å². The van der Waals surface area contributed by atoms with Crippen molar-refractivity contribution < 1.29 is 4.92 Å².